The van der Waals surface area contributed by atoms with E-state index < -0.39 is 7.82 Å². The van der Waals surface area contributed by atoms with Crippen LogP contribution in [-0.2, 0) is 22.2 Å². The molecule has 0 aromatic carbocycles. The number of phosphoric acid groups is 1. The Balaban J connectivity index is 2.71. The maximum atomic E-state index is 10.6. The number of hydrogen-bond donors (Lipinski definition) is 3. The van der Waals surface area contributed by atoms with Gasteiger partial charge in [-0.1, -0.05) is 5.16 Å². The van der Waals surface area contributed by atoms with Gasteiger partial charge in [0, 0.05) is 6.20 Å². The van der Waals surface area contributed by atoms with Gasteiger partial charge in [0.1, 0.15) is 0 Å². The van der Waals surface area contributed by atoms with Crippen molar-refractivity contribution in [1.29, 1.82) is 0 Å². The second-order valence-corrected chi connectivity index (χ2v) is 5.25. The lowest BCUT2D eigenvalue weighted by Crippen LogP contribution is -2.06. The Hall–Kier alpha value is -1.60. The van der Waals surface area contributed by atoms with Crippen LogP contribution in [-0.4, -0.2) is 31.4 Å². The van der Waals surface area contributed by atoms with Crippen LogP contribution in [0.5, 0.6) is 0 Å². The molecule has 0 aliphatic rings. The maximum Gasteiger partial charge on any atom is 0.469 e. The van der Waals surface area contributed by atoms with E-state index in [0.717, 1.165) is 0 Å². The molecule has 0 spiro atoms. The van der Waals surface area contributed by atoms with Crippen LogP contribution in [0, 0.1) is 0 Å². The standard InChI is InChI=1S/C11H16N3O5P/c1-8(9(2)14-15)13-6-11-5-10(3-4-12-11)7-19-20(16,17)18/h3-5,15H,6-7H2,1-2H3,(H2,16,17,18)/b13-8?,14-9+. The SMILES string of the molecule is CC(=NCc1cc(COP(=O)(O)O)ccn1)/C(C)=N/O. The molecule has 0 bridgehead atoms. The fourth-order valence-electron chi connectivity index (χ4n) is 1.25. The van der Waals surface area contributed by atoms with Crippen LogP contribution < -0.4 is 0 Å². The average Bonchev–Trinajstić information content (AvgIpc) is 2.41. The van der Waals surface area contributed by atoms with Crippen molar-refractivity contribution in [2.24, 2.45) is 10.1 Å². The minimum Gasteiger partial charge on any atom is -0.411 e. The molecular weight excluding hydrogens is 285 g/mol. The first-order chi connectivity index (χ1) is 9.31. The highest BCUT2D eigenvalue weighted by atomic mass is 31.2. The van der Waals surface area contributed by atoms with Gasteiger partial charge in [0.2, 0.25) is 0 Å². The summed E-state index contributed by atoms with van der Waals surface area (Å²) in [7, 11) is -4.49. The van der Waals surface area contributed by atoms with Gasteiger partial charge in [-0.2, -0.15) is 0 Å². The Morgan fingerprint density at radius 3 is 2.70 bits per heavy atom. The highest BCUT2D eigenvalue weighted by molar-refractivity contribution is 7.46. The summed E-state index contributed by atoms with van der Waals surface area (Å²) in [6, 6.07) is 3.23. The number of oxime groups is 1. The third-order valence-electron chi connectivity index (χ3n) is 2.43. The topological polar surface area (TPSA) is 125 Å². The Bertz CT molecular complexity index is 567. The van der Waals surface area contributed by atoms with E-state index in [0.29, 0.717) is 22.7 Å². The number of rotatable bonds is 6. The quantitative estimate of drug-likeness (QED) is 0.316. The van der Waals surface area contributed by atoms with E-state index in [1.165, 1.54) is 6.20 Å². The van der Waals surface area contributed by atoms with Gasteiger partial charge in [0.25, 0.3) is 0 Å². The summed E-state index contributed by atoms with van der Waals surface area (Å²) in [5, 5.41) is 11.6. The molecule has 1 rings (SSSR count). The molecular formula is C11H16N3O5P. The predicted molar refractivity (Wildman–Crippen MR) is 72.8 cm³/mol. The van der Waals surface area contributed by atoms with Gasteiger partial charge < -0.3 is 15.0 Å². The monoisotopic (exact) mass is 301 g/mol. The van der Waals surface area contributed by atoms with Gasteiger partial charge in [0.15, 0.2) is 0 Å². The minimum atomic E-state index is -4.49. The second kappa shape index (κ2) is 7.25. The van der Waals surface area contributed by atoms with Crippen molar-refractivity contribution in [1.82, 2.24) is 4.98 Å². The summed E-state index contributed by atoms with van der Waals surface area (Å²) >= 11 is 0. The first kappa shape index (κ1) is 16.5. The van der Waals surface area contributed by atoms with Crippen molar-refractivity contribution in [3.8, 4) is 0 Å². The van der Waals surface area contributed by atoms with E-state index in [4.69, 9.17) is 15.0 Å². The number of pyridine rings is 1. The lowest BCUT2D eigenvalue weighted by atomic mass is 10.2. The Morgan fingerprint density at radius 2 is 2.10 bits per heavy atom. The van der Waals surface area contributed by atoms with Crippen molar-refractivity contribution in [3.63, 3.8) is 0 Å². The van der Waals surface area contributed by atoms with E-state index in [1.807, 2.05) is 0 Å². The molecule has 0 fully saturated rings. The highest BCUT2D eigenvalue weighted by Gasteiger charge is 2.13. The van der Waals surface area contributed by atoms with Gasteiger partial charge in [-0.25, -0.2) is 4.57 Å². The minimum absolute atomic E-state index is 0.209. The fraction of sp³-hybridized carbons (Fsp3) is 0.364. The number of phosphoric ester groups is 1. The van der Waals surface area contributed by atoms with Gasteiger partial charge in [-0.15, -0.1) is 0 Å². The first-order valence-electron chi connectivity index (χ1n) is 5.66. The molecule has 0 saturated carbocycles. The molecule has 20 heavy (non-hydrogen) atoms. The second-order valence-electron chi connectivity index (χ2n) is 4.01. The van der Waals surface area contributed by atoms with E-state index in [2.05, 4.69) is 19.7 Å². The highest BCUT2D eigenvalue weighted by Crippen LogP contribution is 2.36. The third kappa shape index (κ3) is 6.03. The average molecular weight is 301 g/mol. The first-order valence-corrected chi connectivity index (χ1v) is 7.19. The van der Waals surface area contributed by atoms with E-state index in [9.17, 15) is 4.57 Å². The molecule has 0 aliphatic carbocycles. The number of aromatic nitrogens is 1. The number of nitrogens with zero attached hydrogens (tertiary/aromatic N) is 3. The van der Waals surface area contributed by atoms with Crippen LogP contribution in [0.2, 0.25) is 0 Å². The van der Waals surface area contributed by atoms with E-state index in [-0.39, 0.29) is 13.2 Å². The molecule has 3 N–H and O–H groups in total. The zero-order valence-corrected chi connectivity index (χ0v) is 12.0. The zero-order valence-electron chi connectivity index (χ0n) is 11.1. The van der Waals surface area contributed by atoms with E-state index >= 15 is 0 Å². The molecule has 0 atom stereocenters. The lowest BCUT2D eigenvalue weighted by molar-refractivity contribution is 0.189. The lowest BCUT2D eigenvalue weighted by Gasteiger charge is -2.06. The van der Waals surface area contributed by atoms with Crippen LogP contribution in [0.15, 0.2) is 28.5 Å². The third-order valence-corrected chi connectivity index (χ3v) is 2.90. The molecule has 0 saturated heterocycles. The van der Waals surface area contributed by atoms with Gasteiger partial charge >= 0.3 is 7.82 Å². The van der Waals surface area contributed by atoms with E-state index in [1.54, 1.807) is 26.0 Å². The van der Waals surface area contributed by atoms with Crippen molar-refractivity contribution in [2.45, 2.75) is 27.0 Å². The fourth-order valence-corrected chi connectivity index (χ4v) is 1.57. The summed E-state index contributed by atoms with van der Waals surface area (Å²) < 4.78 is 15.0. The normalized spacial score (nSPS) is 13.6. The Morgan fingerprint density at radius 1 is 1.40 bits per heavy atom. The number of aliphatic imine (C=N–C) groups is 1. The van der Waals surface area contributed by atoms with Crippen LogP contribution in [0.4, 0.5) is 0 Å². The molecule has 110 valence electrons. The smallest absolute Gasteiger partial charge is 0.411 e. The summed E-state index contributed by atoms with van der Waals surface area (Å²) in [5.41, 5.74) is 2.18. The molecule has 1 aromatic rings. The molecule has 0 unspecified atom stereocenters. The van der Waals surface area contributed by atoms with Crippen molar-refractivity contribution >= 4 is 19.2 Å². The van der Waals surface area contributed by atoms with Gasteiger partial charge in [-0.05, 0) is 31.5 Å². The summed E-state index contributed by atoms with van der Waals surface area (Å²) in [6.07, 6.45) is 1.51. The zero-order chi connectivity index (χ0) is 15.2. The summed E-state index contributed by atoms with van der Waals surface area (Å²) in [5.74, 6) is 0. The largest absolute Gasteiger partial charge is 0.469 e. The molecule has 0 aliphatic heterocycles. The molecule has 1 aromatic heterocycles. The predicted octanol–water partition coefficient (Wildman–Crippen LogP) is 1.50. The van der Waals surface area contributed by atoms with Gasteiger partial charge in [-0.3, -0.25) is 14.5 Å². The molecule has 0 amide bonds. The van der Waals surface area contributed by atoms with Crippen LogP contribution >= 0.6 is 7.82 Å². The molecule has 8 nitrogen and oxygen atoms in total. The molecule has 9 heteroatoms. The molecule has 1 heterocycles. The van der Waals surface area contributed by atoms with Crippen LogP contribution in [0.3, 0.4) is 0 Å². The Kier molecular flexibility index (Phi) is 5.97. The summed E-state index contributed by atoms with van der Waals surface area (Å²) in [6.45, 7) is 3.38. The van der Waals surface area contributed by atoms with Crippen LogP contribution in [0.25, 0.3) is 0 Å². The number of hydrogen-bond acceptors (Lipinski definition) is 6. The summed E-state index contributed by atoms with van der Waals surface area (Å²) in [4.78, 5) is 25.5. The van der Waals surface area contributed by atoms with Crippen molar-refractivity contribution in [3.05, 3.63) is 29.6 Å². The van der Waals surface area contributed by atoms with Crippen molar-refractivity contribution < 1.29 is 24.1 Å². The Labute approximate surface area is 116 Å². The maximum absolute atomic E-state index is 10.6. The van der Waals surface area contributed by atoms with Gasteiger partial charge in [0.05, 0.1) is 30.3 Å². The van der Waals surface area contributed by atoms with Crippen LogP contribution in [0.1, 0.15) is 25.1 Å². The molecule has 0 radical (unpaired) electrons. The van der Waals surface area contributed by atoms with Crippen molar-refractivity contribution in [2.75, 3.05) is 0 Å².